The highest BCUT2D eigenvalue weighted by atomic mass is 16.5. The quantitative estimate of drug-likeness (QED) is 0.701. The summed E-state index contributed by atoms with van der Waals surface area (Å²) in [6.07, 6.45) is 3.13. The van der Waals surface area contributed by atoms with Crippen LogP contribution in [0.25, 0.3) is 0 Å². The standard InChI is InChI=1S/C11H23NO2/c1-10(2,14-3)4-5-11(9-13)6-7-12-8-11/h12-13H,4-9H2,1-3H3. The molecular weight excluding hydrogens is 178 g/mol. The molecule has 1 aliphatic heterocycles. The number of aliphatic hydroxyl groups is 1. The summed E-state index contributed by atoms with van der Waals surface area (Å²) in [6, 6.07) is 0. The van der Waals surface area contributed by atoms with Gasteiger partial charge in [-0.25, -0.2) is 0 Å². The molecule has 0 aliphatic carbocycles. The Morgan fingerprint density at radius 3 is 2.64 bits per heavy atom. The normalized spacial score (nSPS) is 28.3. The SMILES string of the molecule is COC(C)(C)CCC1(CO)CCNC1. The third-order valence-electron chi connectivity index (χ3n) is 3.48. The molecule has 84 valence electrons. The van der Waals surface area contributed by atoms with Crippen molar-refractivity contribution in [3.8, 4) is 0 Å². The second-order valence-electron chi connectivity index (χ2n) is 5.05. The highest BCUT2D eigenvalue weighted by Gasteiger charge is 2.34. The number of aliphatic hydroxyl groups excluding tert-OH is 1. The van der Waals surface area contributed by atoms with E-state index in [1.165, 1.54) is 0 Å². The molecule has 0 radical (unpaired) electrons. The Hall–Kier alpha value is -0.120. The Balaban J connectivity index is 2.41. The molecule has 1 atom stereocenters. The lowest BCUT2D eigenvalue weighted by atomic mass is 9.80. The molecule has 0 aromatic carbocycles. The fourth-order valence-corrected chi connectivity index (χ4v) is 1.89. The van der Waals surface area contributed by atoms with Gasteiger partial charge in [0.1, 0.15) is 0 Å². The molecule has 0 bridgehead atoms. The average molecular weight is 201 g/mol. The first-order chi connectivity index (χ1) is 6.54. The number of nitrogens with one attached hydrogen (secondary N) is 1. The molecule has 14 heavy (non-hydrogen) atoms. The van der Waals surface area contributed by atoms with Crippen molar-refractivity contribution in [3.63, 3.8) is 0 Å². The van der Waals surface area contributed by atoms with E-state index in [2.05, 4.69) is 19.2 Å². The summed E-state index contributed by atoms with van der Waals surface area (Å²) in [6.45, 7) is 6.47. The first kappa shape index (κ1) is 12.0. The lowest BCUT2D eigenvalue weighted by Crippen LogP contribution is -2.32. The Kier molecular flexibility index (Phi) is 3.93. The fourth-order valence-electron chi connectivity index (χ4n) is 1.89. The summed E-state index contributed by atoms with van der Waals surface area (Å²) in [5.41, 5.74) is 0.0422. The van der Waals surface area contributed by atoms with Gasteiger partial charge < -0.3 is 15.2 Å². The van der Waals surface area contributed by atoms with E-state index in [0.717, 1.165) is 32.4 Å². The minimum absolute atomic E-state index is 0.0647. The Morgan fingerprint density at radius 1 is 1.50 bits per heavy atom. The summed E-state index contributed by atoms with van der Waals surface area (Å²) >= 11 is 0. The summed E-state index contributed by atoms with van der Waals surface area (Å²) in [5, 5.41) is 12.7. The second-order valence-corrected chi connectivity index (χ2v) is 5.05. The molecule has 0 amide bonds. The molecule has 0 spiro atoms. The van der Waals surface area contributed by atoms with Gasteiger partial charge in [0, 0.05) is 25.7 Å². The van der Waals surface area contributed by atoms with Crippen LogP contribution in [0.5, 0.6) is 0 Å². The molecule has 0 saturated carbocycles. The van der Waals surface area contributed by atoms with Crippen LogP contribution in [0.15, 0.2) is 0 Å². The molecule has 1 heterocycles. The van der Waals surface area contributed by atoms with Crippen molar-refractivity contribution in [1.29, 1.82) is 0 Å². The van der Waals surface area contributed by atoms with Gasteiger partial charge in [-0.1, -0.05) is 0 Å². The highest BCUT2D eigenvalue weighted by Crippen LogP contribution is 2.33. The molecular formula is C11H23NO2. The fraction of sp³-hybridized carbons (Fsp3) is 1.00. The summed E-state index contributed by atoms with van der Waals surface area (Å²) in [7, 11) is 1.75. The Labute approximate surface area is 86.8 Å². The molecule has 2 N–H and O–H groups in total. The molecule has 1 fully saturated rings. The molecule has 0 aromatic heterocycles. The predicted octanol–water partition coefficient (Wildman–Crippen LogP) is 1.16. The number of rotatable bonds is 5. The van der Waals surface area contributed by atoms with Gasteiger partial charge in [0.15, 0.2) is 0 Å². The minimum Gasteiger partial charge on any atom is -0.396 e. The van der Waals surface area contributed by atoms with Gasteiger partial charge in [0.2, 0.25) is 0 Å². The average Bonchev–Trinajstić information content (AvgIpc) is 2.65. The third kappa shape index (κ3) is 2.94. The largest absolute Gasteiger partial charge is 0.396 e. The van der Waals surface area contributed by atoms with Gasteiger partial charge in [-0.2, -0.15) is 0 Å². The van der Waals surface area contributed by atoms with Gasteiger partial charge >= 0.3 is 0 Å². The third-order valence-corrected chi connectivity index (χ3v) is 3.48. The van der Waals surface area contributed by atoms with Crippen molar-refractivity contribution in [1.82, 2.24) is 5.32 Å². The predicted molar refractivity (Wildman–Crippen MR) is 57.3 cm³/mol. The zero-order valence-electron chi connectivity index (χ0n) is 9.60. The number of hydrogen-bond acceptors (Lipinski definition) is 3. The minimum atomic E-state index is -0.0647. The van der Waals surface area contributed by atoms with Crippen LogP contribution in [0.2, 0.25) is 0 Å². The molecule has 1 rings (SSSR count). The maximum absolute atomic E-state index is 9.41. The topological polar surface area (TPSA) is 41.5 Å². The van der Waals surface area contributed by atoms with E-state index in [0.29, 0.717) is 6.61 Å². The van der Waals surface area contributed by atoms with E-state index in [1.54, 1.807) is 7.11 Å². The van der Waals surface area contributed by atoms with Crippen molar-refractivity contribution >= 4 is 0 Å². The zero-order chi connectivity index (χ0) is 10.7. The lowest BCUT2D eigenvalue weighted by molar-refractivity contribution is -0.000902. The van der Waals surface area contributed by atoms with Gasteiger partial charge in [0.25, 0.3) is 0 Å². The summed E-state index contributed by atoms with van der Waals surface area (Å²) in [5.74, 6) is 0. The molecule has 0 aromatic rings. The van der Waals surface area contributed by atoms with E-state index in [1.807, 2.05) is 0 Å². The Morgan fingerprint density at radius 2 is 2.21 bits per heavy atom. The second kappa shape index (κ2) is 4.60. The molecule has 1 unspecified atom stereocenters. The van der Waals surface area contributed by atoms with Crippen LogP contribution in [-0.4, -0.2) is 37.5 Å². The molecule has 3 nitrogen and oxygen atoms in total. The number of hydrogen-bond donors (Lipinski definition) is 2. The van der Waals surface area contributed by atoms with Crippen molar-refractivity contribution in [2.75, 3.05) is 26.8 Å². The van der Waals surface area contributed by atoms with Crippen LogP contribution in [0.3, 0.4) is 0 Å². The van der Waals surface area contributed by atoms with Crippen LogP contribution in [0.1, 0.15) is 33.1 Å². The van der Waals surface area contributed by atoms with Crippen LogP contribution < -0.4 is 5.32 Å². The van der Waals surface area contributed by atoms with Gasteiger partial charge in [-0.05, 0) is 39.7 Å². The van der Waals surface area contributed by atoms with E-state index in [-0.39, 0.29) is 11.0 Å². The van der Waals surface area contributed by atoms with Crippen LogP contribution in [-0.2, 0) is 4.74 Å². The first-order valence-corrected chi connectivity index (χ1v) is 5.40. The van der Waals surface area contributed by atoms with Crippen LogP contribution in [0, 0.1) is 5.41 Å². The van der Waals surface area contributed by atoms with E-state index >= 15 is 0 Å². The monoisotopic (exact) mass is 201 g/mol. The molecule has 3 heteroatoms. The van der Waals surface area contributed by atoms with E-state index < -0.39 is 0 Å². The van der Waals surface area contributed by atoms with Crippen LogP contribution >= 0.6 is 0 Å². The van der Waals surface area contributed by atoms with E-state index in [4.69, 9.17) is 4.74 Å². The maximum Gasteiger partial charge on any atom is 0.0623 e. The van der Waals surface area contributed by atoms with Gasteiger partial charge in [0.05, 0.1) is 5.60 Å². The van der Waals surface area contributed by atoms with Crippen molar-refractivity contribution in [2.24, 2.45) is 5.41 Å². The number of methoxy groups -OCH3 is 1. The first-order valence-electron chi connectivity index (χ1n) is 5.40. The van der Waals surface area contributed by atoms with E-state index in [9.17, 15) is 5.11 Å². The number of ether oxygens (including phenoxy) is 1. The molecule has 1 saturated heterocycles. The van der Waals surface area contributed by atoms with Crippen molar-refractivity contribution in [2.45, 2.75) is 38.7 Å². The van der Waals surface area contributed by atoms with Gasteiger partial charge in [-0.3, -0.25) is 0 Å². The highest BCUT2D eigenvalue weighted by molar-refractivity contribution is 4.89. The van der Waals surface area contributed by atoms with Gasteiger partial charge in [-0.15, -0.1) is 0 Å². The van der Waals surface area contributed by atoms with Crippen LogP contribution in [0.4, 0.5) is 0 Å². The lowest BCUT2D eigenvalue weighted by Gasteiger charge is -2.31. The summed E-state index contributed by atoms with van der Waals surface area (Å²) in [4.78, 5) is 0. The maximum atomic E-state index is 9.41. The summed E-state index contributed by atoms with van der Waals surface area (Å²) < 4.78 is 5.38. The van der Waals surface area contributed by atoms with Crippen molar-refractivity contribution in [3.05, 3.63) is 0 Å². The molecule has 1 aliphatic rings. The smallest absolute Gasteiger partial charge is 0.0623 e. The Bertz CT molecular complexity index is 174. The zero-order valence-corrected chi connectivity index (χ0v) is 9.60. The van der Waals surface area contributed by atoms with Crippen molar-refractivity contribution < 1.29 is 9.84 Å².